The predicted octanol–water partition coefficient (Wildman–Crippen LogP) is 3.22. The first kappa shape index (κ1) is 29.6. The average molecular weight is 447 g/mol. The van der Waals surface area contributed by atoms with E-state index in [9.17, 15) is 4.79 Å². The quantitative estimate of drug-likeness (QED) is 0.0806. The van der Waals surface area contributed by atoms with Crippen molar-refractivity contribution in [2.75, 3.05) is 46.8 Å². The van der Waals surface area contributed by atoms with E-state index in [1.807, 2.05) is 7.05 Å². The first-order valence-corrected chi connectivity index (χ1v) is 11.9. The second-order valence-electron chi connectivity index (χ2n) is 7.56. The van der Waals surface area contributed by atoms with Crippen molar-refractivity contribution in [1.82, 2.24) is 21.3 Å². The minimum absolute atomic E-state index is 0.423. The van der Waals surface area contributed by atoms with Crippen molar-refractivity contribution in [2.24, 2.45) is 15.9 Å². The molecule has 0 aliphatic carbocycles. The van der Waals surface area contributed by atoms with Gasteiger partial charge < -0.3 is 21.3 Å². The maximum Gasteiger partial charge on any atom is 0.207 e. The Labute approximate surface area is 196 Å². The smallest absolute Gasteiger partial charge is 0.207 e. The number of nitrogens with one attached hydrogen (secondary N) is 4. The fourth-order valence-electron chi connectivity index (χ4n) is 2.80. The van der Waals surface area contributed by atoms with Gasteiger partial charge in [0.2, 0.25) is 6.41 Å². The van der Waals surface area contributed by atoms with E-state index in [1.165, 1.54) is 0 Å². The Morgan fingerprint density at radius 1 is 0.906 bits per heavy atom. The third-order valence-corrected chi connectivity index (χ3v) is 4.66. The Morgan fingerprint density at radius 3 is 2.38 bits per heavy atom. The third-order valence-electron chi connectivity index (χ3n) is 4.66. The van der Waals surface area contributed by atoms with Gasteiger partial charge in [-0.1, -0.05) is 50.3 Å². The Bertz CT molecular complexity index is 595. The van der Waals surface area contributed by atoms with Crippen LogP contribution in [0.5, 0.6) is 0 Å². The number of aliphatic imine (C=N–C) groups is 2. The maximum absolute atomic E-state index is 10.3. The summed E-state index contributed by atoms with van der Waals surface area (Å²) in [7, 11) is 3.74. The number of amides is 1. The molecule has 0 rings (SSSR count). The standard InChI is InChI=1S/C25H46N6O/c1-5-6-7-12-17-29-25(15-19-26-3)30-18-13-10-8-9-11-14-23(2)21-31-24(27-4)16-20-28-22-32/h6-7,10-11,13-14,22-23,26H,5,8-9,12,15-21H2,1-4H3,(H,27,31)(H,28,32)(H,29,30)/b7-6-,13-10-,14-11-/t23-/m0/s1. The summed E-state index contributed by atoms with van der Waals surface area (Å²) in [6.07, 6.45) is 19.8. The number of hydrogen-bond acceptors (Lipinski definition) is 4. The highest BCUT2D eigenvalue weighted by Crippen LogP contribution is 2.00. The SMILES string of the molecule is CC/C=C\CCNC(CCNC)=NC/C=C\CC/C=C\[C@H](C)CNC(CCNC=O)=NC. The van der Waals surface area contributed by atoms with Crippen LogP contribution < -0.4 is 21.3 Å². The van der Waals surface area contributed by atoms with E-state index in [-0.39, 0.29) is 0 Å². The summed E-state index contributed by atoms with van der Waals surface area (Å²) in [6, 6.07) is 0. The lowest BCUT2D eigenvalue weighted by atomic mass is 10.1. The van der Waals surface area contributed by atoms with Crippen LogP contribution in [0.1, 0.15) is 52.4 Å². The molecule has 7 heteroatoms. The molecular formula is C25H46N6O. The highest BCUT2D eigenvalue weighted by atomic mass is 16.1. The van der Waals surface area contributed by atoms with Gasteiger partial charge in [-0.25, -0.2) is 0 Å². The molecule has 32 heavy (non-hydrogen) atoms. The highest BCUT2D eigenvalue weighted by molar-refractivity contribution is 5.82. The predicted molar refractivity (Wildman–Crippen MR) is 140 cm³/mol. The lowest BCUT2D eigenvalue weighted by Crippen LogP contribution is -2.30. The molecule has 0 heterocycles. The lowest BCUT2D eigenvalue weighted by Gasteiger charge is -2.12. The molecule has 0 aromatic rings. The average Bonchev–Trinajstić information content (AvgIpc) is 2.80. The molecule has 0 aromatic carbocycles. The largest absolute Gasteiger partial charge is 0.373 e. The van der Waals surface area contributed by atoms with E-state index in [0.29, 0.717) is 18.9 Å². The molecule has 0 unspecified atom stereocenters. The van der Waals surface area contributed by atoms with Gasteiger partial charge in [0.25, 0.3) is 0 Å². The molecule has 0 bridgehead atoms. The van der Waals surface area contributed by atoms with E-state index in [1.54, 1.807) is 7.05 Å². The van der Waals surface area contributed by atoms with Crippen LogP contribution in [0.2, 0.25) is 0 Å². The first-order valence-electron chi connectivity index (χ1n) is 11.9. The Balaban J connectivity index is 4.11. The van der Waals surface area contributed by atoms with Crippen molar-refractivity contribution in [1.29, 1.82) is 0 Å². The van der Waals surface area contributed by atoms with Gasteiger partial charge in [-0.05, 0) is 38.6 Å². The van der Waals surface area contributed by atoms with Crippen LogP contribution in [0.25, 0.3) is 0 Å². The van der Waals surface area contributed by atoms with E-state index >= 15 is 0 Å². The number of amidine groups is 2. The summed E-state index contributed by atoms with van der Waals surface area (Å²) in [6.45, 7) is 8.36. The van der Waals surface area contributed by atoms with Crippen molar-refractivity contribution in [2.45, 2.75) is 52.4 Å². The molecule has 0 aromatic heterocycles. The van der Waals surface area contributed by atoms with Crippen molar-refractivity contribution < 1.29 is 4.79 Å². The third kappa shape index (κ3) is 19.5. The molecule has 0 saturated heterocycles. The summed E-state index contributed by atoms with van der Waals surface area (Å²) in [5, 5.41) is 12.6. The van der Waals surface area contributed by atoms with Crippen molar-refractivity contribution in [3.05, 3.63) is 36.5 Å². The number of hydrogen-bond donors (Lipinski definition) is 4. The summed E-state index contributed by atoms with van der Waals surface area (Å²) >= 11 is 0. The Morgan fingerprint density at radius 2 is 1.66 bits per heavy atom. The van der Waals surface area contributed by atoms with E-state index in [2.05, 4.69) is 76.6 Å². The number of nitrogens with zero attached hydrogens (tertiary/aromatic N) is 2. The normalized spacial score (nSPS) is 13.9. The Hall–Kier alpha value is -2.41. The lowest BCUT2D eigenvalue weighted by molar-refractivity contribution is -0.109. The van der Waals surface area contributed by atoms with Crippen LogP contribution in [-0.2, 0) is 4.79 Å². The zero-order valence-corrected chi connectivity index (χ0v) is 20.7. The monoisotopic (exact) mass is 446 g/mol. The molecular weight excluding hydrogens is 400 g/mol. The summed E-state index contributed by atoms with van der Waals surface area (Å²) in [5.74, 6) is 2.42. The topological polar surface area (TPSA) is 89.9 Å². The summed E-state index contributed by atoms with van der Waals surface area (Å²) in [5.41, 5.74) is 0. The zero-order valence-electron chi connectivity index (χ0n) is 20.7. The number of unbranched alkanes of at least 4 members (excludes halogenated alkanes) is 1. The molecule has 0 radical (unpaired) electrons. The molecule has 0 aliphatic rings. The molecule has 4 N–H and O–H groups in total. The van der Waals surface area contributed by atoms with Crippen LogP contribution >= 0.6 is 0 Å². The molecule has 182 valence electrons. The zero-order chi connectivity index (χ0) is 23.7. The fraction of sp³-hybridized carbons (Fsp3) is 0.640. The number of carbonyl (C=O) groups excluding carboxylic acids is 1. The van der Waals surface area contributed by atoms with Gasteiger partial charge >= 0.3 is 0 Å². The maximum atomic E-state index is 10.3. The molecule has 0 saturated carbocycles. The number of rotatable bonds is 19. The van der Waals surface area contributed by atoms with Crippen LogP contribution in [0.15, 0.2) is 46.4 Å². The second-order valence-corrected chi connectivity index (χ2v) is 7.56. The first-order chi connectivity index (χ1) is 15.7. The summed E-state index contributed by atoms with van der Waals surface area (Å²) < 4.78 is 0. The van der Waals surface area contributed by atoms with E-state index in [4.69, 9.17) is 4.99 Å². The molecule has 1 atom stereocenters. The summed E-state index contributed by atoms with van der Waals surface area (Å²) in [4.78, 5) is 19.2. The van der Waals surface area contributed by atoms with Crippen LogP contribution in [0.3, 0.4) is 0 Å². The molecule has 1 amide bonds. The highest BCUT2D eigenvalue weighted by Gasteiger charge is 2.01. The van der Waals surface area contributed by atoms with Gasteiger partial charge in [-0.2, -0.15) is 0 Å². The number of allylic oxidation sites excluding steroid dienone is 3. The van der Waals surface area contributed by atoms with E-state index in [0.717, 1.165) is 76.4 Å². The molecule has 7 nitrogen and oxygen atoms in total. The molecule has 0 fully saturated rings. The van der Waals surface area contributed by atoms with Crippen LogP contribution in [-0.4, -0.2) is 64.9 Å². The minimum Gasteiger partial charge on any atom is -0.373 e. The minimum atomic E-state index is 0.423. The van der Waals surface area contributed by atoms with Crippen molar-refractivity contribution in [3.63, 3.8) is 0 Å². The van der Waals surface area contributed by atoms with Gasteiger partial charge in [0.15, 0.2) is 0 Å². The van der Waals surface area contributed by atoms with Gasteiger partial charge in [-0.15, -0.1) is 0 Å². The number of carbonyl (C=O) groups is 1. The van der Waals surface area contributed by atoms with Crippen LogP contribution in [0, 0.1) is 5.92 Å². The Kier molecular flexibility index (Phi) is 21.5. The molecule has 0 spiro atoms. The molecule has 0 aliphatic heterocycles. The van der Waals surface area contributed by atoms with Gasteiger partial charge in [0.1, 0.15) is 0 Å². The van der Waals surface area contributed by atoms with E-state index < -0.39 is 0 Å². The van der Waals surface area contributed by atoms with Crippen LogP contribution in [0.4, 0.5) is 0 Å². The van der Waals surface area contributed by atoms with Gasteiger partial charge in [-0.3, -0.25) is 14.8 Å². The fourth-order valence-corrected chi connectivity index (χ4v) is 2.80. The second kappa shape index (κ2) is 23.3. The van der Waals surface area contributed by atoms with Crippen molar-refractivity contribution in [3.8, 4) is 0 Å². The van der Waals surface area contributed by atoms with Gasteiger partial charge in [0, 0.05) is 46.1 Å². The van der Waals surface area contributed by atoms with Gasteiger partial charge in [0.05, 0.1) is 18.2 Å². The van der Waals surface area contributed by atoms with Crippen molar-refractivity contribution >= 4 is 18.1 Å².